The molecule has 0 heterocycles. The third kappa shape index (κ3) is 5.18. The molecule has 0 aliphatic carbocycles. The maximum absolute atomic E-state index is 11.8. The van der Waals surface area contributed by atoms with Gasteiger partial charge in [0.05, 0.1) is 12.7 Å². The van der Waals surface area contributed by atoms with Crippen LogP contribution in [0.4, 0.5) is 0 Å². The third-order valence-corrected chi connectivity index (χ3v) is 2.87. The highest BCUT2D eigenvalue weighted by Crippen LogP contribution is 2.23. The van der Waals surface area contributed by atoms with E-state index in [2.05, 4.69) is 5.32 Å². The fourth-order valence-electron chi connectivity index (χ4n) is 1.75. The predicted molar refractivity (Wildman–Crippen MR) is 74.5 cm³/mol. The SMILES string of the molecule is COc1ccc(C(=O)NCCCCCCN)c(O)c1. The standard InChI is InChI=1S/C14H22N2O3/c1-19-11-6-7-12(13(17)10-11)14(18)16-9-5-3-2-4-8-15/h6-7,10,17H,2-5,8-9,15H2,1H3,(H,16,18). The summed E-state index contributed by atoms with van der Waals surface area (Å²) in [7, 11) is 1.51. The van der Waals surface area contributed by atoms with Crippen LogP contribution in [0.3, 0.4) is 0 Å². The Morgan fingerprint density at radius 1 is 1.32 bits per heavy atom. The highest BCUT2D eigenvalue weighted by atomic mass is 16.5. The first-order valence-electron chi connectivity index (χ1n) is 6.54. The Hall–Kier alpha value is -1.75. The van der Waals surface area contributed by atoms with Crippen LogP contribution in [0.15, 0.2) is 18.2 Å². The van der Waals surface area contributed by atoms with Gasteiger partial charge in [-0.25, -0.2) is 0 Å². The van der Waals surface area contributed by atoms with Gasteiger partial charge in [-0.15, -0.1) is 0 Å². The number of phenols is 1. The van der Waals surface area contributed by atoms with E-state index in [9.17, 15) is 9.90 Å². The molecule has 0 spiro atoms. The molecular weight excluding hydrogens is 244 g/mol. The molecule has 0 aliphatic heterocycles. The second kappa shape index (κ2) is 8.37. The zero-order valence-corrected chi connectivity index (χ0v) is 11.3. The van der Waals surface area contributed by atoms with Crippen molar-refractivity contribution in [3.8, 4) is 11.5 Å². The van der Waals surface area contributed by atoms with Gasteiger partial charge in [-0.3, -0.25) is 4.79 Å². The number of phenolic OH excluding ortho intramolecular Hbond substituents is 1. The first kappa shape index (κ1) is 15.3. The molecule has 4 N–H and O–H groups in total. The van der Waals surface area contributed by atoms with Gasteiger partial charge in [0, 0.05) is 12.6 Å². The summed E-state index contributed by atoms with van der Waals surface area (Å²) in [5, 5.41) is 12.5. The minimum absolute atomic E-state index is 0.0695. The molecule has 19 heavy (non-hydrogen) atoms. The minimum Gasteiger partial charge on any atom is -0.507 e. The predicted octanol–water partition coefficient (Wildman–Crippen LogP) is 1.65. The number of methoxy groups -OCH3 is 1. The van der Waals surface area contributed by atoms with Gasteiger partial charge in [-0.2, -0.15) is 0 Å². The average Bonchev–Trinajstić information content (AvgIpc) is 2.42. The van der Waals surface area contributed by atoms with Gasteiger partial charge < -0.3 is 20.9 Å². The van der Waals surface area contributed by atoms with Gasteiger partial charge in [-0.1, -0.05) is 12.8 Å². The van der Waals surface area contributed by atoms with Gasteiger partial charge in [0.25, 0.3) is 5.91 Å². The summed E-state index contributed by atoms with van der Waals surface area (Å²) in [4.78, 5) is 11.8. The lowest BCUT2D eigenvalue weighted by atomic mass is 10.1. The van der Waals surface area contributed by atoms with Crippen LogP contribution in [0.5, 0.6) is 11.5 Å². The van der Waals surface area contributed by atoms with E-state index in [1.807, 2.05) is 0 Å². The molecular formula is C14H22N2O3. The van der Waals surface area contributed by atoms with E-state index in [-0.39, 0.29) is 17.2 Å². The Bertz CT molecular complexity index is 408. The summed E-state index contributed by atoms with van der Waals surface area (Å²) >= 11 is 0. The number of unbranched alkanes of at least 4 members (excludes halogenated alkanes) is 3. The highest BCUT2D eigenvalue weighted by Gasteiger charge is 2.11. The monoisotopic (exact) mass is 266 g/mol. The normalized spacial score (nSPS) is 10.2. The molecule has 0 fully saturated rings. The lowest BCUT2D eigenvalue weighted by Crippen LogP contribution is -2.24. The van der Waals surface area contributed by atoms with Crippen LogP contribution in [-0.2, 0) is 0 Å². The second-order valence-corrected chi connectivity index (χ2v) is 4.34. The molecule has 1 aromatic rings. The number of nitrogens with two attached hydrogens (primary N) is 1. The van der Waals surface area contributed by atoms with Crippen molar-refractivity contribution in [2.45, 2.75) is 25.7 Å². The summed E-state index contributed by atoms with van der Waals surface area (Å²) in [6, 6.07) is 4.63. The largest absolute Gasteiger partial charge is 0.507 e. The van der Waals surface area contributed by atoms with Crippen molar-refractivity contribution in [1.29, 1.82) is 0 Å². The van der Waals surface area contributed by atoms with E-state index in [1.54, 1.807) is 12.1 Å². The van der Waals surface area contributed by atoms with E-state index in [1.165, 1.54) is 13.2 Å². The van der Waals surface area contributed by atoms with Crippen molar-refractivity contribution in [3.05, 3.63) is 23.8 Å². The van der Waals surface area contributed by atoms with Crippen molar-refractivity contribution >= 4 is 5.91 Å². The van der Waals surface area contributed by atoms with Crippen LogP contribution < -0.4 is 15.8 Å². The fourth-order valence-corrected chi connectivity index (χ4v) is 1.75. The highest BCUT2D eigenvalue weighted by molar-refractivity contribution is 5.96. The van der Waals surface area contributed by atoms with Crippen molar-refractivity contribution in [2.75, 3.05) is 20.2 Å². The number of rotatable bonds is 8. The summed E-state index contributed by atoms with van der Waals surface area (Å²) in [6.07, 6.45) is 4.07. The number of nitrogens with one attached hydrogen (secondary N) is 1. The molecule has 0 radical (unpaired) electrons. The Morgan fingerprint density at radius 2 is 2.05 bits per heavy atom. The minimum atomic E-state index is -0.265. The molecule has 0 atom stereocenters. The summed E-state index contributed by atoms with van der Waals surface area (Å²) < 4.78 is 4.96. The Morgan fingerprint density at radius 3 is 2.68 bits per heavy atom. The molecule has 106 valence electrons. The van der Waals surface area contributed by atoms with Crippen LogP contribution in [0.1, 0.15) is 36.0 Å². The molecule has 0 saturated heterocycles. The first-order chi connectivity index (χ1) is 9.19. The first-order valence-corrected chi connectivity index (χ1v) is 6.54. The van der Waals surface area contributed by atoms with E-state index >= 15 is 0 Å². The summed E-state index contributed by atoms with van der Waals surface area (Å²) in [6.45, 7) is 1.32. The molecule has 0 unspecified atom stereocenters. The zero-order chi connectivity index (χ0) is 14.1. The number of carbonyl (C=O) groups excluding carboxylic acids is 1. The maximum atomic E-state index is 11.8. The molecule has 1 amide bonds. The van der Waals surface area contributed by atoms with E-state index in [0.717, 1.165) is 25.7 Å². The van der Waals surface area contributed by atoms with Crippen molar-refractivity contribution in [3.63, 3.8) is 0 Å². The van der Waals surface area contributed by atoms with Crippen LogP contribution in [0.2, 0.25) is 0 Å². The molecule has 5 nitrogen and oxygen atoms in total. The lowest BCUT2D eigenvalue weighted by molar-refractivity contribution is 0.0950. The Labute approximate surface area is 113 Å². The summed E-state index contributed by atoms with van der Waals surface area (Å²) in [5.74, 6) is 0.190. The number of carbonyl (C=O) groups is 1. The molecule has 1 aromatic carbocycles. The number of benzene rings is 1. The molecule has 1 rings (SSSR count). The molecule has 0 bridgehead atoms. The topological polar surface area (TPSA) is 84.6 Å². The average molecular weight is 266 g/mol. The van der Waals surface area contributed by atoms with Crippen molar-refractivity contribution < 1.29 is 14.6 Å². The van der Waals surface area contributed by atoms with E-state index in [4.69, 9.17) is 10.5 Å². The van der Waals surface area contributed by atoms with Gasteiger partial charge in [-0.05, 0) is 31.5 Å². The Kier molecular flexibility index (Phi) is 6.74. The molecule has 0 saturated carbocycles. The number of hydrogen-bond acceptors (Lipinski definition) is 4. The fraction of sp³-hybridized carbons (Fsp3) is 0.500. The van der Waals surface area contributed by atoms with Gasteiger partial charge >= 0.3 is 0 Å². The van der Waals surface area contributed by atoms with Crippen LogP contribution in [0.25, 0.3) is 0 Å². The maximum Gasteiger partial charge on any atom is 0.255 e. The number of hydrogen-bond donors (Lipinski definition) is 3. The van der Waals surface area contributed by atoms with E-state index in [0.29, 0.717) is 18.8 Å². The number of ether oxygens (including phenoxy) is 1. The van der Waals surface area contributed by atoms with Gasteiger partial charge in [0.2, 0.25) is 0 Å². The van der Waals surface area contributed by atoms with Crippen LogP contribution in [-0.4, -0.2) is 31.2 Å². The number of aromatic hydroxyl groups is 1. The zero-order valence-electron chi connectivity index (χ0n) is 11.3. The number of amides is 1. The smallest absolute Gasteiger partial charge is 0.255 e. The van der Waals surface area contributed by atoms with Crippen molar-refractivity contribution in [1.82, 2.24) is 5.32 Å². The molecule has 5 heteroatoms. The van der Waals surface area contributed by atoms with Crippen LogP contribution in [0, 0.1) is 0 Å². The summed E-state index contributed by atoms with van der Waals surface area (Å²) in [5.41, 5.74) is 5.67. The second-order valence-electron chi connectivity index (χ2n) is 4.34. The van der Waals surface area contributed by atoms with Gasteiger partial charge in [0.1, 0.15) is 11.5 Å². The van der Waals surface area contributed by atoms with Crippen molar-refractivity contribution in [2.24, 2.45) is 5.73 Å². The third-order valence-electron chi connectivity index (χ3n) is 2.87. The van der Waals surface area contributed by atoms with Crippen LogP contribution >= 0.6 is 0 Å². The van der Waals surface area contributed by atoms with Gasteiger partial charge in [0.15, 0.2) is 0 Å². The Balaban J connectivity index is 2.37. The molecule has 0 aromatic heterocycles. The quantitative estimate of drug-likeness (QED) is 0.625. The lowest BCUT2D eigenvalue weighted by Gasteiger charge is -2.08. The molecule has 0 aliphatic rings. The van der Waals surface area contributed by atoms with E-state index < -0.39 is 0 Å².